The highest BCUT2D eigenvalue weighted by Crippen LogP contribution is 2.30. The number of rotatable bonds is 2. The van der Waals surface area contributed by atoms with E-state index in [1.165, 1.54) is 37.4 Å². The molecule has 2 unspecified atom stereocenters. The predicted molar refractivity (Wildman–Crippen MR) is 63.6 cm³/mol. The highest BCUT2D eigenvalue weighted by Gasteiger charge is 2.31. The molecule has 2 nitrogen and oxygen atoms in total. The molecule has 2 atom stereocenters. The maximum Gasteiger partial charge on any atom is 0.0219 e. The molecule has 0 bridgehead atoms. The van der Waals surface area contributed by atoms with Gasteiger partial charge in [0.05, 0.1) is 0 Å². The Morgan fingerprint density at radius 3 is 2.50 bits per heavy atom. The number of piperidine rings is 1. The highest BCUT2D eigenvalue weighted by molar-refractivity contribution is 7.99. The molecule has 82 valence electrons. The minimum Gasteiger partial charge on any atom is -0.330 e. The summed E-state index contributed by atoms with van der Waals surface area (Å²) in [6.45, 7) is 5.87. The second-order valence-electron chi connectivity index (χ2n) is 4.80. The van der Waals surface area contributed by atoms with Crippen molar-refractivity contribution in [1.29, 1.82) is 0 Å². The summed E-state index contributed by atoms with van der Waals surface area (Å²) in [5.41, 5.74) is 5.71. The molecule has 2 N–H and O–H groups in total. The lowest BCUT2D eigenvalue weighted by atomic mass is 9.94. The second-order valence-corrected chi connectivity index (χ2v) is 5.87. The number of nitrogens with two attached hydrogens (primary N) is 1. The molecule has 14 heavy (non-hydrogen) atoms. The van der Waals surface area contributed by atoms with Crippen molar-refractivity contribution in [2.24, 2.45) is 17.6 Å². The van der Waals surface area contributed by atoms with E-state index in [0.717, 1.165) is 24.4 Å². The van der Waals surface area contributed by atoms with Crippen LogP contribution in [0.5, 0.6) is 0 Å². The van der Waals surface area contributed by atoms with Crippen molar-refractivity contribution in [3.05, 3.63) is 0 Å². The summed E-state index contributed by atoms with van der Waals surface area (Å²) in [5.74, 6) is 4.42. The SMILES string of the molecule is CC1CSCC1N1CCC(CN)CC1. The van der Waals surface area contributed by atoms with Gasteiger partial charge >= 0.3 is 0 Å². The van der Waals surface area contributed by atoms with Crippen LogP contribution in [0.4, 0.5) is 0 Å². The minimum atomic E-state index is 0.801. The zero-order chi connectivity index (χ0) is 9.97. The summed E-state index contributed by atoms with van der Waals surface area (Å²) in [6, 6.07) is 0.860. The third kappa shape index (κ3) is 2.26. The minimum absolute atomic E-state index is 0.801. The van der Waals surface area contributed by atoms with Crippen molar-refractivity contribution in [3.8, 4) is 0 Å². The molecule has 0 radical (unpaired) electrons. The van der Waals surface area contributed by atoms with Gasteiger partial charge in [-0.15, -0.1) is 0 Å². The van der Waals surface area contributed by atoms with E-state index < -0.39 is 0 Å². The Kier molecular flexibility index (Phi) is 3.74. The maximum absolute atomic E-state index is 5.71. The van der Waals surface area contributed by atoms with Gasteiger partial charge in [0.2, 0.25) is 0 Å². The summed E-state index contributed by atoms with van der Waals surface area (Å²) >= 11 is 2.12. The van der Waals surface area contributed by atoms with Crippen molar-refractivity contribution >= 4 is 11.8 Å². The molecule has 3 heteroatoms. The molecular weight excluding hydrogens is 192 g/mol. The Morgan fingerprint density at radius 2 is 2.00 bits per heavy atom. The zero-order valence-corrected chi connectivity index (χ0v) is 9.93. The average molecular weight is 214 g/mol. The van der Waals surface area contributed by atoms with Gasteiger partial charge in [-0.3, -0.25) is 4.90 Å². The topological polar surface area (TPSA) is 29.3 Å². The summed E-state index contributed by atoms with van der Waals surface area (Å²) in [7, 11) is 0. The fourth-order valence-electron chi connectivity index (χ4n) is 2.64. The van der Waals surface area contributed by atoms with Crippen LogP contribution >= 0.6 is 11.8 Å². The van der Waals surface area contributed by atoms with Crippen LogP contribution in [-0.4, -0.2) is 42.1 Å². The van der Waals surface area contributed by atoms with E-state index in [1.807, 2.05) is 0 Å². The van der Waals surface area contributed by atoms with E-state index in [-0.39, 0.29) is 0 Å². The third-order valence-corrected chi connectivity index (χ3v) is 5.12. The molecule has 0 saturated carbocycles. The number of likely N-dealkylation sites (tertiary alicyclic amines) is 1. The highest BCUT2D eigenvalue weighted by atomic mass is 32.2. The van der Waals surface area contributed by atoms with Crippen molar-refractivity contribution in [2.75, 3.05) is 31.1 Å². The first-order chi connectivity index (χ1) is 6.81. The van der Waals surface area contributed by atoms with Gasteiger partial charge in [-0.25, -0.2) is 0 Å². The molecule has 2 aliphatic rings. The van der Waals surface area contributed by atoms with E-state index in [1.54, 1.807) is 0 Å². The van der Waals surface area contributed by atoms with Crippen LogP contribution in [0.15, 0.2) is 0 Å². The number of hydrogen-bond donors (Lipinski definition) is 1. The van der Waals surface area contributed by atoms with Crippen molar-refractivity contribution in [2.45, 2.75) is 25.8 Å². The first-order valence-electron chi connectivity index (χ1n) is 5.83. The van der Waals surface area contributed by atoms with E-state index in [0.29, 0.717) is 0 Å². The Balaban J connectivity index is 1.82. The smallest absolute Gasteiger partial charge is 0.0219 e. The molecule has 0 aliphatic carbocycles. The number of nitrogens with zero attached hydrogens (tertiary/aromatic N) is 1. The molecule has 0 aromatic carbocycles. The third-order valence-electron chi connectivity index (χ3n) is 3.78. The predicted octanol–water partition coefficient (Wildman–Crippen LogP) is 1.41. The normalized spacial score (nSPS) is 36.4. The van der Waals surface area contributed by atoms with Gasteiger partial charge in [0.25, 0.3) is 0 Å². The Morgan fingerprint density at radius 1 is 1.29 bits per heavy atom. The van der Waals surface area contributed by atoms with E-state index in [2.05, 4.69) is 23.6 Å². The molecule has 2 saturated heterocycles. The molecular formula is C11H22N2S. The molecule has 2 rings (SSSR count). The van der Waals surface area contributed by atoms with Crippen LogP contribution in [0.2, 0.25) is 0 Å². The first-order valence-corrected chi connectivity index (χ1v) is 6.98. The Hall–Kier alpha value is 0.270. The summed E-state index contributed by atoms with van der Waals surface area (Å²) in [4.78, 5) is 2.71. The summed E-state index contributed by atoms with van der Waals surface area (Å²) in [5, 5.41) is 0. The van der Waals surface area contributed by atoms with Gasteiger partial charge in [0, 0.05) is 11.8 Å². The Labute approximate surface area is 91.6 Å². The van der Waals surface area contributed by atoms with E-state index in [9.17, 15) is 0 Å². The second kappa shape index (κ2) is 4.86. The lowest BCUT2D eigenvalue weighted by Gasteiger charge is -2.37. The number of thioether (sulfide) groups is 1. The fourth-order valence-corrected chi connectivity index (χ4v) is 4.15. The molecule has 0 aromatic rings. The summed E-state index contributed by atoms with van der Waals surface area (Å²) in [6.07, 6.45) is 2.65. The maximum atomic E-state index is 5.71. The largest absolute Gasteiger partial charge is 0.330 e. The molecule has 2 heterocycles. The van der Waals surface area contributed by atoms with Crippen LogP contribution < -0.4 is 5.73 Å². The van der Waals surface area contributed by atoms with Crippen molar-refractivity contribution in [3.63, 3.8) is 0 Å². The molecule has 0 amide bonds. The van der Waals surface area contributed by atoms with Gasteiger partial charge in [-0.05, 0) is 50.1 Å². The molecule has 2 aliphatic heterocycles. The van der Waals surface area contributed by atoms with Crippen molar-refractivity contribution in [1.82, 2.24) is 4.90 Å². The first kappa shape index (κ1) is 10.8. The van der Waals surface area contributed by atoms with Crippen LogP contribution in [0.25, 0.3) is 0 Å². The van der Waals surface area contributed by atoms with Crippen LogP contribution in [0, 0.1) is 11.8 Å². The lowest BCUT2D eigenvalue weighted by Crippen LogP contribution is -2.45. The fraction of sp³-hybridized carbons (Fsp3) is 1.00. The zero-order valence-electron chi connectivity index (χ0n) is 9.11. The van der Waals surface area contributed by atoms with Gasteiger partial charge in [0.1, 0.15) is 0 Å². The van der Waals surface area contributed by atoms with Gasteiger partial charge in [-0.2, -0.15) is 11.8 Å². The quantitative estimate of drug-likeness (QED) is 0.753. The molecule has 0 spiro atoms. The van der Waals surface area contributed by atoms with Crippen LogP contribution in [0.1, 0.15) is 19.8 Å². The molecule has 2 fully saturated rings. The standard InChI is InChI=1S/C11H22N2S/c1-9-7-14-8-11(9)13-4-2-10(6-12)3-5-13/h9-11H,2-8,12H2,1H3. The van der Waals surface area contributed by atoms with Crippen molar-refractivity contribution < 1.29 is 0 Å². The lowest BCUT2D eigenvalue weighted by molar-refractivity contribution is 0.124. The van der Waals surface area contributed by atoms with Crippen LogP contribution in [0.3, 0.4) is 0 Å². The van der Waals surface area contributed by atoms with Gasteiger partial charge < -0.3 is 5.73 Å². The van der Waals surface area contributed by atoms with Gasteiger partial charge in [0.15, 0.2) is 0 Å². The van der Waals surface area contributed by atoms with Crippen LogP contribution in [-0.2, 0) is 0 Å². The van der Waals surface area contributed by atoms with E-state index >= 15 is 0 Å². The number of hydrogen-bond acceptors (Lipinski definition) is 3. The van der Waals surface area contributed by atoms with E-state index in [4.69, 9.17) is 5.73 Å². The Bertz CT molecular complexity index is 178. The average Bonchev–Trinajstić information content (AvgIpc) is 2.65. The monoisotopic (exact) mass is 214 g/mol. The summed E-state index contributed by atoms with van der Waals surface area (Å²) < 4.78 is 0. The van der Waals surface area contributed by atoms with Gasteiger partial charge in [-0.1, -0.05) is 6.92 Å². The molecule has 0 aromatic heterocycles.